The van der Waals surface area contributed by atoms with Gasteiger partial charge in [0.15, 0.2) is 0 Å². The molecule has 2 N–H and O–H groups in total. The van der Waals surface area contributed by atoms with Crippen LogP contribution in [-0.4, -0.2) is 21.6 Å². The summed E-state index contributed by atoms with van der Waals surface area (Å²) in [5, 5.41) is 13.3. The van der Waals surface area contributed by atoms with Crippen molar-refractivity contribution in [2.75, 3.05) is 0 Å². The number of thiazole rings is 1. The van der Waals surface area contributed by atoms with Gasteiger partial charge in [-0.25, -0.2) is 4.79 Å². The fraction of sp³-hybridized carbons (Fsp3) is 0.214. The second kappa shape index (κ2) is 6.36. The maximum absolute atomic E-state index is 11.8. The minimum Gasteiger partial charge on any atom is -0.478 e. The molecule has 1 aromatic carbocycles. The van der Waals surface area contributed by atoms with Gasteiger partial charge in [0.2, 0.25) is 5.91 Å². The van der Waals surface area contributed by atoms with Gasteiger partial charge in [-0.1, -0.05) is 23.5 Å². The molecule has 0 aliphatic rings. The molecule has 0 saturated carbocycles. The lowest BCUT2D eigenvalue weighted by Crippen LogP contribution is -2.30. The highest BCUT2D eigenvalue weighted by atomic mass is 32.1. The molecule has 2 rings (SSSR count). The van der Waals surface area contributed by atoms with Crippen LogP contribution in [0.25, 0.3) is 0 Å². The summed E-state index contributed by atoms with van der Waals surface area (Å²) in [4.78, 5) is 34.0. The quantitative estimate of drug-likeness (QED) is 0.869. The average Bonchev–Trinajstić information content (AvgIpc) is 2.77. The molecule has 110 valence electrons. The van der Waals surface area contributed by atoms with Crippen LogP contribution in [0.1, 0.15) is 21.6 Å². The lowest BCUT2D eigenvalue weighted by atomic mass is 10.1. The number of benzene rings is 1. The van der Waals surface area contributed by atoms with E-state index < -0.39 is 5.97 Å². The van der Waals surface area contributed by atoms with Crippen molar-refractivity contribution in [1.82, 2.24) is 9.88 Å². The van der Waals surface area contributed by atoms with E-state index in [9.17, 15) is 14.4 Å². The Bertz CT molecular complexity index is 733. The molecule has 0 bridgehead atoms. The number of carboxylic acids is 1. The van der Waals surface area contributed by atoms with Gasteiger partial charge in [-0.2, -0.15) is 0 Å². The molecule has 0 spiro atoms. The number of rotatable bonds is 5. The number of hydrogen-bond donors (Lipinski definition) is 2. The van der Waals surface area contributed by atoms with Crippen LogP contribution in [-0.2, 0) is 17.9 Å². The normalized spacial score (nSPS) is 10.3. The Hall–Kier alpha value is -2.41. The molecule has 0 aliphatic carbocycles. The third-order valence-corrected chi connectivity index (χ3v) is 3.82. The van der Waals surface area contributed by atoms with Crippen molar-refractivity contribution in [2.24, 2.45) is 0 Å². The van der Waals surface area contributed by atoms with Crippen molar-refractivity contribution in [3.8, 4) is 0 Å². The van der Waals surface area contributed by atoms with E-state index in [4.69, 9.17) is 5.11 Å². The monoisotopic (exact) mass is 306 g/mol. The number of amides is 1. The molecular formula is C14H14N2O4S. The molecule has 1 aromatic heterocycles. The molecule has 0 aliphatic heterocycles. The number of aromatic carboxylic acids is 1. The second-order valence-electron chi connectivity index (χ2n) is 4.51. The molecule has 0 saturated heterocycles. The van der Waals surface area contributed by atoms with Crippen LogP contribution >= 0.6 is 11.3 Å². The first-order valence-electron chi connectivity index (χ1n) is 6.21. The molecule has 0 unspecified atom stereocenters. The Morgan fingerprint density at radius 2 is 2.14 bits per heavy atom. The van der Waals surface area contributed by atoms with Gasteiger partial charge < -0.3 is 10.4 Å². The summed E-state index contributed by atoms with van der Waals surface area (Å²) >= 11 is 1.05. The SMILES string of the molecule is Cc1csc(=O)n1CC(=O)NCc1cccc(C(=O)O)c1. The Morgan fingerprint density at radius 3 is 2.76 bits per heavy atom. The maximum Gasteiger partial charge on any atom is 0.335 e. The lowest BCUT2D eigenvalue weighted by molar-refractivity contribution is -0.121. The summed E-state index contributed by atoms with van der Waals surface area (Å²) in [6, 6.07) is 6.35. The molecule has 0 fully saturated rings. The highest BCUT2D eigenvalue weighted by molar-refractivity contribution is 7.07. The number of aryl methyl sites for hydroxylation is 1. The van der Waals surface area contributed by atoms with E-state index >= 15 is 0 Å². The molecule has 2 aromatic rings. The molecule has 0 atom stereocenters. The maximum atomic E-state index is 11.8. The number of aromatic nitrogens is 1. The van der Waals surface area contributed by atoms with Gasteiger partial charge in [0.05, 0.1) is 5.56 Å². The van der Waals surface area contributed by atoms with Crippen LogP contribution < -0.4 is 10.2 Å². The standard InChI is InChI=1S/C14H14N2O4S/c1-9-8-21-14(20)16(9)7-12(17)15-6-10-3-2-4-11(5-10)13(18)19/h2-5,8H,6-7H2,1H3,(H,15,17)(H,18,19). The van der Waals surface area contributed by atoms with Crippen molar-refractivity contribution in [3.63, 3.8) is 0 Å². The van der Waals surface area contributed by atoms with Crippen LogP contribution in [0.2, 0.25) is 0 Å². The smallest absolute Gasteiger partial charge is 0.335 e. The number of carbonyl (C=O) groups excluding carboxylic acids is 1. The minimum atomic E-state index is -1.01. The van der Waals surface area contributed by atoms with Gasteiger partial charge in [-0.3, -0.25) is 14.2 Å². The molecular weight excluding hydrogens is 292 g/mol. The predicted octanol–water partition coefficient (Wildman–Crippen LogP) is 1.23. The topological polar surface area (TPSA) is 88.4 Å². The van der Waals surface area contributed by atoms with Crippen molar-refractivity contribution >= 4 is 23.2 Å². The highest BCUT2D eigenvalue weighted by Crippen LogP contribution is 2.05. The molecule has 1 heterocycles. The number of nitrogens with one attached hydrogen (secondary N) is 1. The van der Waals surface area contributed by atoms with Gasteiger partial charge in [-0.15, -0.1) is 0 Å². The number of carbonyl (C=O) groups is 2. The van der Waals surface area contributed by atoms with E-state index in [-0.39, 0.29) is 29.4 Å². The zero-order valence-electron chi connectivity index (χ0n) is 11.3. The molecule has 6 nitrogen and oxygen atoms in total. The fourth-order valence-electron chi connectivity index (χ4n) is 1.81. The summed E-state index contributed by atoms with van der Waals surface area (Å²) < 4.78 is 1.40. The summed E-state index contributed by atoms with van der Waals surface area (Å²) in [5.41, 5.74) is 1.61. The Morgan fingerprint density at radius 1 is 1.38 bits per heavy atom. The first kappa shape index (κ1) is 15.0. The highest BCUT2D eigenvalue weighted by Gasteiger charge is 2.09. The first-order chi connectivity index (χ1) is 9.97. The third-order valence-electron chi connectivity index (χ3n) is 2.94. The third kappa shape index (κ3) is 3.79. The van der Waals surface area contributed by atoms with E-state index in [0.717, 1.165) is 17.0 Å². The first-order valence-corrected chi connectivity index (χ1v) is 7.09. The van der Waals surface area contributed by atoms with Gasteiger partial charge in [0.1, 0.15) is 6.54 Å². The molecule has 21 heavy (non-hydrogen) atoms. The van der Waals surface area contributed by atoms with Gasteiger partial charge in [0.25, 0.3) is 0 Å². The van der Waals surface area contributed by atoms with Gasteiger partial charge >= 0.3 is 10.8 Å². The Balaban J connectivity index is 1.97. The largest absolute Gasteiger partial charge is 0.478 e. The predicted molar refractivity (Wildman–Crippen MR) is 78.6 cm³/mol. The fourth-order valence-corrected chi connectivity index (χ4v) is 2.55. The van der Waals surface area contributed by atoms with E-state index in [0.29, 0.717) is 5.56 Å². The van der Waals surface area contributed by atoms with Gasteiger partial charge in [-0.05, 0) is 24.6 Å². The zero-order valence-corrected chi connectivity index (χ0v) is 12.1. The lowest BCUT2D eigenvalue weighted by Gasteiger charge is -2.07. The summed E-state index contributed by atoms with van der Waals surface area (Å²) in [7, 11) is 0. The Labute approximate surface area is 124 Å². The second-order valence-corrected chi connectivity index (χ2v) is 5.33. The molecule has 0 radical (unpaired) electrons. The van der Waals surface area contributed by atoms with Crippen molar-refractivity contribution < 1.29 is 14.7 Å². The van der Waals surface area contributed by atoms with E-state index in [1.54, 1.807) is 24.4 Å². The Kier molecular flexibility index (Phi) is 4.54. The minimum absolute atomic E-state index is 0.0349. The summed E-state index contributed by atoms with van der Waals surface area (Å²) in [6.07, 6.45) is 0. The van der Waals surface area contributed by atoms with Gasteiger partial charge in [0, 0.05) is 17.6 Å². The van der Waals surface area contributed by atoms with E-state index in [1.807, 2.05) is 0 Å². The number of carboxylic acid groups (broad SMARTS) is 1. The molecule has 1 amide bonds. The summed E-state index contributed by atoms with van der Waals surface area (Å²) in [6.45, 7) is 1.95. The van der Waals surface area contributed by atoms with Crippen LogP contribution in [0, 0.1) is 6.92 Å². The van der Waals surface area contributed by atoms with E-state index in [1.165, 1.54) is 16.7 Å². The van der Waals surface area contributed by atoms with Crippen LogP contribution in [0.5, 0.6) is 0 Å². The number of nitrogens with zero attached hydrogens (tertiary/aromatic N) is 1. The van der Waals surface area contributed by atoms with Crippen molar-refractivity contribution in [1.29, 1.82) is 0 Å². The van der Waals surface area contributed by atoms with Crippen molar-refractivity contribution in [3.05, 3.63) is 56.1 Å². The zero-order chi connectivity index (χ0) is 15.4. The average molecular weight is 306 g/mol. The summed E-state index contributed by atoms with van der Waals surface area (Å²) in [5.74, 6) is -1.30. The van der Waals surface area contributed by atoms with E-state index in [2.05, 4.69) is 5.32 Å². The molecule has 7 heteroatoms. The van der Waals surface area contributed by atoms with Crippen LogP contribution in [0.3, 0.4) is 0 Å². The van der Waals surface area contributed by atoms with Crippen molar-refractivity contribution in [2.45, 2.75) is 20.0 Å². The number of hydrogen-bond acceptors (Lipinski definition) is 4. The van der Waals surface area contributed by atoms with Crippen LogP contribution in [0.4, 0.5) is 0 Å². The van der Waals surface area contributed by atoms with Crippen LogP contribution in [0.15, 0.2) is 34.4 Å².